The summed E-state index contributed by atoms with van der Waals surface area (Å²) in [6, 6.07) is 3.47. The van der Waals surface area contributed by atoms with Crippen LogP contribution in [0.4, 0.5) is 0 Å². The maximum atomic E-state index is 11.9. The van der Waals surface area contributed by atoms with E-state index in [1.807, 2.05) is 6.92 Å². The van der Waals surface area contributed by atoms with Crippen molar-refractivity contribution in [3.63, 3.8) is 0 Å². The first-order valence-electron chi connectivity index (χ1n) is 5.95. The Kier molecular flexibility index (Phi) is 4.25. The van der Waals surface area contributed by atoms with Crippen molar-refractivity contribution in [2.45, 2.75) is 13.0 Å². The second-order valence-electron chi connectivity index (χ2n) is 4.20. The van der Waals surface area contributed by atoms with Crippen molar-refractivity contribution in [1.29, 1.82) is 0 Å². The molecule has 0 aromatic carbocycles. The Morgan fingerprint density at radius 2 is 2.37 bits per heavy atom. The predicted molar refractivity (Wildman–Crippen MR) is 70.2 cm³/mol. The van der Waals surface area contributed by atoms with E-state index in [9.17, 15) is 4.79 Å². The van der Waals surface area contributed by atoms with Crippen molar-refractivity contribution in [2.75, 3.05) is 13.7 Å². The SMILES string of the molecule is COCC(C)NC(=O)c1ccc(-n2ccnc2)nc1. The highest BCUT2D eigenvalue weighted by Gasteiger charge is 2.10. The lowest BCUT2D eigenvalue weighted by atomic mass is 10.2. The molecule has 0 aliphatic heterocycles. The number of pyridine rings is 1. The number of hydrogen-bond acceptors (Lipinski definition) is 4. The zero-order chi connectivity index (χ0) is 13.7. The molecule has 6 heteroatoms. The van der Waals surface area contributed by atoms with Crippen molar-refractivity contribution in [2.24, 2.45) is 0 Å². The molecule has 19 heavy (non-hydrogen) atoms. The number of methoxy groups -OCH3 is 1. The van der Waals surface area contributed by atoms with Gasteiger partial charge in [0.1, 0.15) is 12.1 Å². The largest absolute Gasteiger partial charge is 0.383 e. The van der Waals surface area contributed by atoms with Gasteiger partial charge in [0.15, 0.2) is 0 Å². The summed E-state index contributed by atoms with van der Waals surface area (Å²) in [7, 11) is 1.60. The summed E-state index contributed by atoms with van der Waals surface area (Å²) in [5.41, 5.74) is 0.520. The number of carbonyl (C=O) groups excluding carboxylic acids is 1. The summed E-state index contributed by atoms with van der Waals surface area (Å²) in [6.07, 6.45) is 6.67. The summed E-state index contributed by atoms with van der Waals surface area (Å²) in [5, 5.41) is 2.83. The van der Waals surface area contributed by atoms with Crippen LogP contribution in [0, 0.1) is 0 Å². The molecule has 2 aromatic rings. The number of amides is 1. The third-order valence-electron chi connectivity index (χ3n) is 2.57. The van der Waals surface area contributed by atoms with Gasteiger partial charge in [0, 0.05) is 31.7 Å². The predicted octanol–water partition coefficient (Wildman–Crippen LogP) is 1.03. The van der Waals surface area contributed by atoms with Gasteiger partial charge in [0.2, 0.25) is 0 Å². The third-order valence-corrected chi connectivity index (χ3v) is 2.57. The van der Waals surface area contributed by atoms with Gasteiger partial charge in [0.25, 0.3) is 5.91 Å². The van der Waals surface area contributed by atoms with Crippen LogP contribution in [-0.4, -0.2) is 40.2 Å². The van der Waals surface area contributed by atoms with Crippen LogP contribution in [0.2, 0.25) is 0 Å². The number of nitrogens with one attached hydrogen (secondary N) is 1. The number of imidazole rings is 1. The molecule has 2 aromatic heterocycles. The Bertz CT molecular complexity index is 522. The fourth-order valence-electron chi connectivity index (χ4n) is 1.67. The first kappa shape index (κ1) is 13.2. The van der Waals surface area contributed by atoms with Crippen LogP contribution in [0.5, 0.6) is 0 Å². The highest BCUT2D eigenvalue weighted by molar-refractivity contribution is 5.94. The Labute approximate surface area is 111 Å². The Hall–Kier alpha value is -2.21. The summed E-state index contributed by atoms with van der Waals surface area (Å²) in [4.78, 5) is 20.1. The van der Waals surface area contributed by atoms with Crippen LogP contribution in [0.25, 0.3) is 5.82 Å². The summed E-state index contributed by atoms with van der Waals surface area (Å²) >= 11 is 0. The number of ether oxygens (including phenoxy) is 1. The van der Waals surface area contributed by atoms with Crippen molar-refractivity contribution in [3.8, 4) is 5.82 Å². The van der Waals surface area contributed by atoms with Crippen LogP contribution >= 0.6 is 0 Å². The van der Waals surface area contributed by atoms with Crippen LogP contribution in [0.15, 0.2) is 37.1 Å². The quantitative estimate of drug-likeness (QED) is 0.871. The lowest BCUT2D eigenvalue weighted by Crippen LogP contribution is -2.35. The minimum atomic E-state index is -0.158. The Morgan fingerprint density at radius 3 is 2.95 bits per heavy atom. The van der Waals surface area contributed by atoms with E-state index < -0.39 is 0 Å². The molecule has 0 saturated carbocycles. The van der Waals surface area contributed by atoms with Gasteiger partial charge < -0.3 is 10.1 Å². The average molecular weight is 260 g/mol. The van der Waals surface area contributed by atoms with Gasteiger partial charge in [-0.3, -0.25) is 9.36 Å². The van der Waals surface area contributed by atoms with Crippen molar-refractivity contribution < 1.29 is 9.53 Å². The topological polar surface area (TPSA) is 69.0 Å². The van der Waals surface area contributed by atoms with Crippen molar-refractivity contribution in [1.82, 2.24) is 19.9 Å². The molecule has 100 valence electrons. The molecule has 0 bridgehead atoms. The van der Waals surface area contributed by atoms with E-state index in [1.54, 1.807) is 48.7 Å². The number of aromatic nitrogens is 3. The lowest BCUT2D eigenvalue weighted by Gasteiger charge is -2.12. The van der Waals surface area contributed by atoms with Crippen LogP contribution in [0.3, 0.4) is 0 Å². The molecular weight excluding hydrogens is 244 g/mol. The molecule has 0 fully saturated rings. The van der Waals surface area contributed by atoms with E-state index in [4.69, 9.17) is 4.74 Å². The second-order valence-corrected chi connectivity index (χ2v) is 4.20. The van der Waals surface area contributed by atoms with Gasteiger partial charge in [0.05, 0.1) is 12.2 Å². The highest BCUT2D eigenvalue weighted by atomic mass is 16.5. The summed E-state index contributed by atoms with van der Waals surface area (Å²) in [6.45, 7) is 2.36. The average Bonchev–Trinajstić information content (AvgIpc) is 2.93. The molecule has 2 heterocycles. The molecule has 1 unspecified atom stereocenters. The van der Waals surface area contributed by atoms with E-state index in [2.05, 4.69) is 15.3 Å². The molecule has 0 saturated heterocycles. The van der Waals surface area contributed by atoms with E-state index in [-0.39, 0.29) is 11.9 Å². The summed E-state index contributed by atoms with van der Waals surface area (Å²) in [5.74, 6) is 0.563. The number of nitrogens with zero attached hydrogens (tertiary/aromatic N) is 3. The number of hydrogen-bond donors (Lipinski definition) is 1. The molecule has 2 rings (SSSR count). The first-order valence-corrected chi connectivity index (χ1v) is 5.95. The third kappa shape index (κ3) is 3.38. The zero-order valence-electron chi connectivity index (χ0n) is 10.9. The Morgan fingerprint density at radius 1 is 1.53 bits per heavy atom. The van der Waals surface area contributed by atoms with E-state index in [0.29, 0.717) is 12.2 Å². The van der Waals surface area contributed by atoms with Gasteiger partial charge in [-0.15, -0.1) is 0 Å². The minimum Gasteiger partial charge on any atom is -0.383 e. The monoisotopic (exact) mass is 260 g/mol. The summed E-state index contributed by atoms with van der Waals surface area (Å²) < 4.78 is 6.74. The van der Waals surface area contributed by atoms with Crippen LogP contribution < -0.4 is 5.32 Å². The van der Waals surface area contributed by atoms with E-state index in [0.717, 1.165) is 5.82 Å². The molecule has 0 aliphatic carbocycles. The maximum absolute atomic E-state index is 11.9. The second kappa shape index (κ2) is 6.10. The fraction of sp³-hybridized carbons (Fsp3) is 0.308. The molecule has 0 spiro atoms. The van der Waals surface area contributed by atoms with Gasteiger partial charge in [-0.1, -0.05) is 0 Å². The standard InChI is InChI=1S/C13H16N4O2/c1-10(8-19-2)16-13(18)11-3-4-12(15-7-11)17-6-5-14-9-17/h3-7,9-10H,8H2,1-2H3,(H,16,18). The van der Waals surface area contributed by atoms with Gasteiger partial charge in [-0.2, -0.15) is 0 Å². The fourth-order valence-corrected chi connectivity index (χ4v) is 1.67. The maximum Gasteiger partial charge on any atom is 0.253 e. The highest BCUT2D eigenvalue weighted by Crippen LogP contribution is 2.05. The smallest absolute Gasteiger partial charge is 0.253 e. The molecule has 6 nitrogen and oxygen atoms in total. The molecule has 1 N–H and O–H groups in total. The van der Waals surface area contributed by atoms with E-state index in [1.165, 1.54) is 0 Å². The van der Waals surface area contributed by atoms with Gasteiger partial charge in [-0.25, -0.2) is 9.97 Å². The van der Waals surface area contributed by atoms with Crippen molar-refractivity contribution in [3.05, 3.63) is 42.6 Å². The van der Waals surface area contributed by atoms with Gasteiger partial charge >= 0.3 is 0 Å². The normalized spacial score (nSPS) is 12.1. The van der Waals surface area contributed by atoms with E-state index >= 15 is 0 Å². The van der Waals surface area contributed by atoms with Gasteiger partial charge in [-0.05, 0) is 19.1 Å². The molecule has 0 radical (unpaired) electrons. The van der Waals surface area contributed by atoms with Crippen LogP contribution in [0.1, 0.15) is 17.3 Å². The number of carbonyl (C=O) groups is 1. The minimum absolute atomic E-state index is 0.0363. The number of rotatable bonds is 5. The molecule has 1 amide bonds. The Balaban J connectivity index is 2.04. The zero-order valence-corrected chi connectivity index (χ0v) is 10.9. The lowest BCUT2D eigenvalue weighted by molar-refractivity contribution is 0.0905. The van der Waals surface area contributed by atoms with Crippen molar-refractivity contribution >= 4 is 5.91 Å². The first-order chi connectivity index (χ1) is 9.20. The molecule has 1 atom stereocenters. The molecule has 0 aliphatic rings. The molecular formula is C13H16N4O2. The van der Waals surface area contributed by atoms with Crippen LogP contribution in [-0.2, 0) is 4.74 Å².